The third-order valence-electron chi connectivity index (χ3n) is 4.27. The molecule has 0 aliphatic heterocycles. The van der Waals surface area contributed by atoms with Crippen LogP contribution in [0.1, 0.15) is 0 Å². The van der Waals surface area contributed by atoms with Crippen LogP contribution in [0.25, 0.3) is 22.3 Å². The van der Waals surface area contributed by atoms with Crippen LogP contribution in [0.4, 0.5) is 13.2 Å². The van der Waals surface area contributed by atoms with E-state index in [1.165, 1.54) is 36.4 Å². The Bertz CT molecular complexity index is 1140. The maximum absolute atomic E-state index is 14.7. The lowest BCUT2D eigenvalue weighted by Gasteiger charge is -2.11. The van der Waals surface area contributed by atoms with E-state index in [9.17, 15) is 18.0 Å². The first-order valence-corrected chi connectivity index (χ1v) is 9.02. The van der Waals surface area contributed by atoms with Crippen molar-refractivity contribution < 1.29 is 32.2 Å². The summed E-state index contributed by atoms with van der Waals surface area (Å²) in [5, 5.41) is 0. The molecule has 0 saturated heterocycles. The van der Waals surface area contributed by atoms with Gasteiger partial charge in [0.15, 0.2) is 11.6 Å². The summed E-state index contributed by atoms with van der Waals surface area (Å²) >= 11 is 0. The van der Waals surface area contributed by atoms with E-state index in [1.54, 1.807) is 0 Å². The molecule has 0 unspecified atom stereocenters. The number of rotatable bonds is 8. The SMILES string of the molecule is C=COc1ccc(-c2ccc(-c3ccc(OCOC(=O)C=C)cc3F)cc2F)cc1F. The van der Waals surface area contributed by atoms with Gasteiger partial charge in [0.1, 0.15) is 17.4 Å². The Morgan fingerprint density at radius 2 is 1.45 bits per heavy atom. The minimum absolute atomic E-state index is 0.0283. The van der Waals surface area contributed by atoms with E-state index in [2.05, 4.69) is 17.9 Å². The van der Waals surface area contributed by atoms with E-state index in [-0.39, 0.29) is 28.2 Å². The summed E-state index contributed by atoms with van der Waals surface area (Å²) < 4.78 is 58.0. The molecule has 0 atom stereocenters. The zero-order chi connectivity index (χ0) is 22.4. The predicted molar refractivity (Wildman–Crippen MR) is 110 cm³/mol. The smallest absolute Gasteiger partial charge is 0.333 e. The molecule has 0 saturated carbocycles. The second-order valence-corrected chi connectivity index (χ2v) is 6.20. The van der Waals surface area contributed by atoms with Gasteiger partial charge in [-0.25, -0.2) is 18.0 Å². The molecule has 0 heterocycles. The van der Waals surface area contributed by atoms with Crippen molar-refractivity contribution in [3.63, 3.8) is 0 Å². The number of carbonyl (C=O) groups excluding carboxylic acids is 1. The van der Waals surface area contributed by atoms with Crippen molar-refractivity contribution in [2.45, 2.75) is 0 Å². The molecular formula is C24H17F3O4. The number of esters is 1. The zero-order valence-electron chi connectivity index (χ0n) is 16.2. The summed E-state index contributed by atoms with van der Waals surface area (Å²) in [6.07, 6.45) is 2.06. The van der Waals surface area contributed by atoms with Gasteiger partial charge < -0.3 is 14.2 Å². The van der Waals surface area contributed by atoms with E-state index in [4.69, 9.17) is 9.47 Å². The minimum Gasteiger partial charge on any atom is -0.463 e. The van der Waals surface area contributed by atoms with E-state index in [0.29, 0.717) is 5.56 Å². The fourth-order valence-corrected chi connectivity index (χ4v) is 2.80. The van der Waals surface area contributed by atoms with Gasteiger partial charge in [-0.1, -0.05) is 31.4 Å². The third kappa shape index (κ3) is 5.14. The molecular weight excluding hydrogens is 409 g/mol. The summed E-state index contributed by atoms with van der Waals surface area (Å²) in [5.74, 6) is -2.54. The molecule has 3 rings (SSSR count). The fraction of sp³-hybridized carbons (Fsp3) is 0.0417. The van der Waals surface area contributed by atoms with Crippen LogP contribution in [0.15, 0.2) is 80.1 Å². The Hall–Kier alpha value is -4.00. The molecule has 0 aromatic heterocycles. The van der Waals surface area contributed by atoms with Crippen molar-refractivity contribution in [1.82, 2.24) is 0 Å². The summed E-state index contributed by atoms with van der Waals surface area (Å²) in [6.45, 7) is 6.20. The molecule has 0 aliphatic carbocycles. The first-order chi connectivity index (χ1) is 14.9. The summed E-state index contributed by atoms with van der Waals surface area (Å²) in [5.41, 5.74) is 0.880. The largest absolute Gasteiger partial charge is 0.463 e. The van der Waals surface area contributed by atoms with Crippen LogP contribution in [0.2, 0.25) is 0 Å². The number of benzene rings is 3. The number of ether oxygens (including phenoxy) is 3. The minimum atomic E-state index is -0.671. The van der Waals surface area contributed by atoms with Crippen molar-refractivity contribution >= 4 is 5.97 Å². The average molecular weight is 426 g/mol. The fourth-order valence-electron chi connectivity index (χ4n) is 2.80. The lowest BCUT2D eigenvalue weighted by atomic mass is 9.99. The topological polar surface area (TPSA) is 44.8 Å². The molecule has 158 valence electrons. The van der Waals surface area contributed by atoms with Crippen molar-refractivity contribution in [1.29, 1.82) is 0 Å². The maximum Gasteiger partial charge on any atom is 0.333 e. The summed E-state index contributed by atoms with van der Waals surface area (Å²) in [4.78, 5) is 11.0. The molecule has 0 fully saturated rings. The molecule has 0 aliphatic rings. The van der Waals surface area contributed by atoms with Crippen LogP contribution in [0.3, 0.4) is 0 Å². The first kappa shape index (κ1) is 21.7. The Morgan fingerprint density at radius 1 is 0.839 bits per heavy atom. The van der Waals surface area contributed by atoms with Crippen LogP contribution >= 0.6 is 0 Å². The van der Waals surface area contributed by atoms with Crippen LogP contribution in [0, 0.1) is 17.5 Å². The van der Waals surface area contributed by atoms with E-state index < -0.39 is 30.2 Å². The third-order valence-corrected chi connectivity index (χ3v) is 4.27. The Balaban J connectivity index is 1.81. The van der Waals surface area contributed by atoms with Crippen LogP contribution < -0.4 is 9.47 Å². The highest BCUT2D eigenvalue weighted by Gasteiger charge is 2.13. The normalized spacial score (nSPS) is 10.3. The monoisotopic (exact) mass is 426 g/mol. The van der Waals surface area contributed by atoms with Gasteiger partial charge in [0.05, 0.1) is 6.26 Å². The maximum atomic E-state index is 14.7. The van der Waals surface area contributed by atoms with E-state index in [1.807, 2.05) is 0 Å². The predicted octanol–water partition coefficient (Wildman–Crippen LogP) is 6.03. The highest BCUT2D eigenvalue weighted by atomic mass is 19.1. The Morgan fingerprint density at radius 3 is 2.03 bits per heavy atom. The van der Waals surface area contributed by atoms with Crippen molar-refractivity contribution in [3.8, 4) is 33.8 Å². The average Bonchev–Trinajstić information content (AvgIpc) is 2.75. The van der Waals surface area contributed by atoms with E-state index in [0.717, 1.165) is 30.5 Å². The van der Waals surface area contributed by atoms with Gasteiger partial charge >= 0.3 is 5.97 Å². The lowest BCUT2D eigenvalue weighted by Crippen LogP contribution is -2.07. The summed E-state index contributed by atoms with van der Waals surface area (Å²) in [6, 6.07) is 12.1. The molecule has 0 N–H and O–H groups in total. The highest BCUT2D eigenvalue weighted by molar-refractivity contribution is 5.81. The number of hydrogen-bond acceptors (Lipinski definition) is 4. The standard InChI is InChI=1S/C24H17F3O4/c1-3-24(28)31-14-30-17-7-9-19(21(26)13-17)15-5-8-18(20(25)11-15)16-6-10-23(29-4-2)22(27)12-16/h3-13H,1-2,14H2. The van der Waals surface area contributed by atoms with Gasteiger partial charge in [-0.15, -0.1) is 0 Å². The van der Waals surface area contributed by atoms with Gasteiger partial charge in [0.25, 0.3) is 0 Å². The van der Waals surface area contributed by atoms with Gasteiger partial charge in [-0.3, -0.25) is 0 Å². The quantitative estimate of drug-likeness (QED) is 0.191. The second-order valence-electron chi connectivity index (χ2n) is 6.20. The van der Waals surface area contributed by atoms with Crippen LogP contribution in [-0.2, 0) is 9.53 Å². The highest BCUT2D eigenvalue weighted by Crippen LogP contribution is 2.32. The molecule has 4 nitrogen and oxygen atoms in total. The lowest BCUT2D eigenvalue weighted by molar-refractivity contribution is -0.144. The summed E-state index contributed by atoms with van der Waals surface area (Å²) in [7, 11) is 0. The zero-order valence-corrected chi connectivity index (χ0v) is 16.2. The van der Waals surface area contributed by atoms with Crippen LogP contribution in [0.5, 0.6) is 11.5 Å². The van der Waals surface area contributed by atoms with Gasteiger partial charge in [0, 0.05) is 23.3 Å². The van der Waals surface area contributed by atoms with Crippen molar-refractivity contribution in [3.05, 3.63) is 97.5 Å². The molecule has 0 radical (unpaired) electrons. The molecule has 3 aromatic carbocycles. The molecule has 3 aromatic rings. The molecule has 7 heteroatoms. The van der Waals surface area contributed by atoms with Crippen molar-refractivity contribution in [2.75, 3.05) is 6.79 Å². The number of halogens is 3. The van der Waals surface area contributed by atoms with E-state index >= 15 is 0 Å². The van der Waals surface area contributed by atoms with Gasteiger partial charge in [0.2, 0.25) is 6.79 Å². The Labute approximate surface area is 176 Å². The molecule has 0 spiro atoms. The molecule has 31 heavy (non-hydrogen) atoms. The first-order valence-electron chi connectivity index (χ1n) is 9.02. The van der Waals surface area contributed by atoms with Gasteiger partial charge in [-0.05, 0) is 41.5 Å². The number of carbonyl (C=O) groups is 1. The number of hydrogen-bond donors (Lipinski definition) is 0. The van der Waals surface area contributed by atoms with Gasteiger partial charge in [-0.2, -0.15) is 0 Å². The van der Waals surface area contributed by atoms with Crippen molar-refractivity contribution in [2.24, 2.45) is 0 Å². The second kappa shape index (κ2) is 9.67. The van der Waals surface area contributed by atoms with Crippen LogP contribution in [-0.4, -0.2) is 12.8 Å². The molecule has 0 bridgehead atoms. The Kier molecular flexibility index (Phi) is 6.77. The molecule has 0 amide bonds.